The number of rotatable bonds is 4. The molecule has 0 spiro atoms. The summed E-state index contributed by atoms with van der Waals surface area (Å²) in [5.41, 5.74) is 1.28. The lowest BCUT2D eigenvalue weighted by atomic mass is 10.2. The summed E-state index contributed by atoms with van der Waals surface area (Å²) in [6, 6.07) is 6.74. The second-order valence-electron chi connectivity index (χ2n) is 4.01. The monoisotopic (exact) mass is 341 g/mol. The molecule has 0 aliphatic rings. The van der Waals surface area contributed by atoms with Crippen molar-refractivity contribution >= 4 is 33.2 Å². The van der Waals surface area contributed by atoms with Gasteiger partial charge in [0.25, 0.3) is 5.91 Å². The SMILES string of the molecule is CCc1ccsc1CNC(=O)c1cccc(Br)c1F. The van der Waals surface area contributed by atoms with Gasteiger partial charge in [-0.2, -0.15) is 0 Å². The number of hydrogen-bond donors (Lipinski definition) is 1. The first-order valence-corrected chi connectivity index (χ1v) is 7.58. The van der Waals surface area contributed by atoms with E-state index in [9.17, 15) is 9.18 Å². The number of carbonyl (C=O) groups excluding carboxylic acids is 1. The summed E-state index contributed by atoms with van der Waals surface area (Å²) < 4.78 is 14.1. The molecule has 2 rings (SSSR count). The Labute approximate surface area is 123 Å². The van der Waals surface area contributed by atoms with E-state index in [4.69, 9.17) is 0 Å². The van der Waals surface area contributed by atoms with Crippen LogP contribution in [0.4, 0.5) is 4.39 Å². The number of amides is 1. The molecule has 0 radical (unpaired) electrons. The van der Waals surface area contributed by atoms with E-state index >= 15 is 0 Å². The van der Waals surface area contributed by atoms with Gasteiger partial charge in [0, 0.05) is 4.88 Å². The highest BCUT2D eigenvalue weighted by atomic mass is 79.9. The van der Waals surface area contributed by atoms with Gasteiger partial charge in [0.05, 0.1) is 16.6 Å². The van der Waals surface area contributed by atoms with Crippen LogP contribution in [0.2, 0.25) is 0 Å². The number of thiophene rings is 1. The van der Waals surface area contributed by atoms with Gasteiger partial charge in [0.2, 0.25) is 0 Å². The Morgan fingerprint density at radius 1 is 1.42 bits per heavy atom. The molecule has 1 amide bonds. The van der Waals surface area contributed by atoms with Crippen LogP contribution in [0.15, 0.2) is 34.1 Å². The summed E-state index contributed by atoms with van der Waals surface area (Å²) in [5.74, 6) is -0.920. The molecule has 0 saturated heterocycles. The van der Waals surface area contributed by atoms with E-state index in [1.807, 2.05) is 11.4 Å². The summed E-state index contributed by atoms with van der Waals surface area (Å²) in [5, 5.41) is 4.75. The van der Waals surface area contributed by atoms with Crippen LogP contribution in [-0.2, 0) is 13.0 Å². The Balaban J connectivity index is 2.08. The van der Waals surface area contributed by atoms with E-state index in [-0.39, 0.29) is 5.56 Å². The molecule has 0 saturated carbocycles. The number of nitrogens with one attached hydrogen (secondary N) is 1. The first-order valence-electron chi connectivity index (χ1n) is 5.91. The van der Waals surface area contributed by atoms with E-state index in [2.05, 4.69) is 28.2 Å². The van der Waals surface area contributed by atoms with Crippen LogP contribution in [0.5, 0.6) is 0 Å². The molecule has 1 N–H and O–H groups in total. The van der Waals surface area contributed by atoms with Crippen molar-refractivity contribution in [3.8, 4) is 0 Å². The number of carbonyl (C=O) groups is 1. The first-order chi connectivity index (χ1) is 9.13. The Morgan fingerprint density at radius 3 is 2.95 bits per heavy atom. The second kappa shape index (κ2) is 6.30. The Hall–Kier alpha value is -1.20. The van der Waals surface area contributed by atoms with Gasteiger partial charge in [-0.1, -0.05) is 13.0 Å². The van der Waals surface area contributed by atoms with Crippen LogP contribution in [-0.4, -0.2) is 5.91 Å². The summed E-state index contributed by atoms with van der Waals surface area (Å²) in [6.07, 6.45) is 0.931. The summed E-state index contributed by atoms with van der Waals surface area (Å²) in [4.78, 5) is 13.1. The van der Waals surface area contributed by atoms with Gasteiger partial charge in [-0.15, -0.1) is 11.3 Å². The zero-order valence-electron chi connectivity index (χ0n) is 10.4. The molecule has 0 aliphatic heterocycles. The maximum Gasteiger partial charge on any atom is 0.254 e. The molecule has 2 nitrogen and oxygen atoms in total. The molecule has 19 heavy (non-hydrogen) atoms. The molecular formula is C14H13BrFNOS. The molecule has 100 valence electrons. The molecule has 0 fully saturated rings. The zero-order chi connectivity index (χ0) is 13.8. The van der Waals surface area contributed by atoms with Crippen molar-refractivity contribution in [3.05, 3.63) is 55.9 Å². The standard InChI is InChI=1S/C14H13BrFNOS/c1-2-9-6-7-19-12(9)8-17-14(18)10-4-3-5-11(15)13(10)16/h3-7H,2,8H2,1H3,(H,17,18). The predicted octanol–water partition coefficient (Wildman–Crippen LogP) is 4.14. The van der Waals surface area contributed by atoms with Crippen molar-refractivity contribution < 1.29 is 9.18 Å². The number of hydrogen-bond acceptors (Lipinski definition) is 2. The van der Waals surface area contributed by atoms with Gasteiger partial charge < -0.3 is 5.32 Å². The highest BCUT2D eigenvalue weighted by molar-refractivity contribution is 9.10. The third-order valence-electron chi connectivity index (χ3n) is 2.82. The summed E-state index contributed by atoms with van der Waals surface area (Å²) >= 11 is 4.67. The van der Waals surface area contributed by atoms with Crippen molar-refractivity contribution in [2.75, 3.05) is 0 Å². The van der Waals surface area contributed by atoms with Crippen molar-refractivity contribution in [1.29, 1.82) is 0 Å². The van der Waals surface area contributed by atoms with Crippen LogP contribution in [0.3, 0.4) is 0 Å². The third-order valence-corrected chi connectivity index (χ3v) is 4.40. The number of aryl methyl sites for hydroxylation is 1. The topological polar surface area (TPSA) is 29.1 Å². The zero-order valence-corrected chi connectivity index (χ0v) is 12.8. The highest BCUT2D eigenvalue weighted by Gasteiger charge is 2.14. The second-order valence-corrected chi connectivity index (χ2v) is 5.86. The van der Waals surface area contributed by atoms with Gasteiger partial charge in [0.1, 0.15) is 5.82 Å². The predicted molar refractivity (Wildman–Crippen MR) is 79.0 cm³/mol. The van der Waals surface area contributed by atoms with Gasteiger partial charge in [0.15, 0.2) is 0 Å². The van der Waals surface area contributed by atoms with E-state index in [0.29, 0.717) is 11.0 Å². The van der Waals surface area contributed by atoms with Crippen LogP contribution in [0, 0.1) is 5.82 Å². The quantitative estimate of drug-likeness (QED) is 0.889. The average Bonchev–Trinajstić information content (AvgIpc) is 2.86. The van der Waals surface area contributed by atoms with Gasteiger partial charge in [-0.05, 0) is 51.5 Å². The molecule has 5 heteroatoms. The average molecular weight is 342 g/mol. The highest BCUT2D eigenvalue weighted by Crippen LogP contribution is 2.20. The fraction of sp³-hybridized carbons (Fsp3) is 0.214. The molecular weight excluding hydrogens is 329 g/mol. The van der Waals surface area contributed by atoms with Crippen molar-refractivity contribution in [2.24, 2.45) is 0 Å². The summed E-state index contributed by atoms with van der Waals surface area (Å²) in [6.45, 7) is 2.51. The van der Waals surface area contributed by atoms with Gasteiger partial charge in [-0.25, -0.2) is 4.39 Å². The van der Waals surface area contributed by atoms with E-state index in [1.165, 1.54) is 11.6 Å². The molecule has 1 heterocycles. The number of benzene rings is 1. The minimum absolute atomic E-state index is 0.0592. The fourth-order valence-electron chi connectivity index (χ4n) is 1.77. The molecule has 1 aromatic carbocycles. The van der Waals surface area contributed by atoms with E-state index in [0.717, 1.165) is 11.3 Å². The molecule has 1 aromatic heterocycles. The van der Waals surface area contributed by atoms with Crippen LogP contribution in [0.1, 0.15) is 27.7 Å². The molecule has 0 unspecified atom stereocenters. The van der Waals surface area contributed by atoms with Crippen molar-refractivity contribution in [2.45, 2.75) is 19.9 Å². The Morgan fingerprint density at radius 2 is 2.21 bits per heavy atom. The minimum atomic E-state index is -0.526. The number of halogens is 2. The lowest BCUT2D eigenvalue weighted by molar-refractivity contribution is 0.0947. The van der Waals surface area contributed by atoms with E-state index < -0.39 is 11.7 Å². The molecule has 0 aliphatic carbocycles. The van der Waals surface area contributed by atoms with Crippen molar-refractivity contribution in [1.82, 2.24) is 5.32 Å². The van der Waals surface area contributed by atoms with Crippen LogP contribution >= 0.6 is 27.3 Å². The normalized spacial score (nSPS) is 10.5. The van der Waals surface area contributed by atoms with Crippen molar-refractivity contribution in [3.63, 3.8) is 0 Å². The molecule has 0 atom stereocenters. The molecule has 2 aromatic rings. The van der Waals surface area contributed by atoms with E-state index in [1.54, 1.807) is 23.5 Å². The lowest BCUT2D eigenvalue weighted by Gasteiger charge is -2.07. The van der Waals surface area contributed by atoms with Gasteiger partial charge in [-0.3, -0.25) is 4.79 Å². The summed E-state index contributed by atoms with van der Waals surface area (Å²) in [7, 11) is 0. The maximum atomic E-state index is 13.8. The third kappa shape index (κ3) is 3.22. The van der Waals surface area contributed by atoms with Gasteiger partial charge >= 0.3 is 0 Å². The largest absolute Gasteiger partial charge is 0.347 e. The Bertz CT molecular complexity index is 597. The molecule has 0 bridgehead atoms. The maximum absolute atomic E-state index is 13.8. The first kappa shape index (κ1) is 14.2. The smallest absolute Gasteiger partial charge is 0.254 e. The van der Waals surface area contributed by atoms with Crippen LogP contribution < -0.4 is 5.32 Å². The Kier molecular flexibility index (Phi) is 4.71. The minimum Gasteiger partial charge on any atom is -0.347 e. The van der Waals surface area contributed by atoms with Crippen LogP contribution in [0.25, 0.3) is 0 Å². The fourth-order valence-corrected chi connectivity index (χ4v) is 3.05. The lowest BCUT2D eigenvalue weighted by Crippen LogP contribution is -2.23.